The molecule has 0 bridgehead atoms. The lowest BCUT2D eigenvalue weighted by Gasteiger charge is -2.26. The number of aliphatic imine (C=N–C) groups is 1. The lowest BCUT2D eigenvalue weighted by molar-refractivity contribution is 0.120. The molecule has 1 saturated carbocycles. The third kappa shape index (κ3) is 3.71. The summed E-state index contributed by atoms with van der Waals surface area (Å²) in [4.78, 5) is 16.6. The first kappa shape index (κ1) is 19.8. The minimum Gasteiger partial charge on any atom is -0.490 e. The maximum atomic E-state index is 12.1. The van der Waals surface area contributed by atoms with E-state index < -0.39 is 0 Å². The fourth-order valence-electron chi connectivity index (χ4n) is 3.66. The normalized spacial score (nSPS) is 15.3. The number of aromatic amines is 1. The third-order valence-corrected chi connectivity index (χ3v) is 5.48. The van der Waals surface area contributed by atoms with Crippen LogP contribution in [0.2, 0.25) is 0 Å². The zero-order valence-corrected chi connectivity index (χ0v) is 16.9. The summed E-state index contributed by atoms with van der Waals surface area (Å²) in [6, 6.07) is 13.4. The van der Waals surface area contributed by atoms with Gasteiger partial charge in [-0.25, -0.2) is 5.10 Å². The molecule has 1 fully saturated rings. The maximum absolute atomic E-state index is 12.1. The maximum Gasteiger partial charge on any atom is 0.272 e. The summed E-state index contributed by atoms with van der Waals surface area (Å²) >= 11 is 0. The van der Waals surface area contributed by atoms with Gasteiger partial charge in [0.05, 0.1) is 22.9 Å². The van der Waals surface area contributed by atoms with Gasteiger partial charge in [-0.2, -0.15) is 5.10 Å². The average molecular weight is 403 g/mol. The molecule has 7 nitrogen and oxygen atoms in total. The highest BCUT2D eigenvalue weighted by atomic mass is 16.5. The lowest BCUT2D eigenvalue weighted by atomic mass is 9.94. The van der Waals surface area contributed by atoms with Crippen molar-refractivity contribution in [3.05, 3.63) is 75.8 Å². The summed E-state index contributed by atoms with van der Waals surface area (Å²) in [5, 5.41) is 7.79. The predicted molar refractivity (Wildman–Crippen MR) is 120 cm³/mol. The number of nitrogens with two attached hydrogens (primary N) is 2. The first-order valence-corrected chi connectivity index (χ1v) is 10.0. The summed E-state index contributed by atoms with van der Waals surface area (Å²) in [6.45, 7) is 0.216. The number of hydrogen-bond acceptors (Lipinski definition) is 6. The highest BCUT2D eigenvalue weighted by molar-refractivity contribution is 6.32. The molecule has 7 heteroatoms. The molecule has 0 spiro atoms. The molecule has 2 aromatic carbocycles. The second-order valence-corrected chi connectivity index (χ2v) is 7.32. The first-order valence-electron chi connectivity index (χ1n) is 10.0. The van der Waals surface area contributed by atoms with Crippen LogP contribution < -0.4 is 21.8 Å². The Labute approximate surface area is 174 Å². The third-order valence-electron chi connectivity index (χ3n) is 5.48. The Morgan fingerprint density at radius 2 is 2.07 bits per heavy atom. The van der Waals surface area contributed by atoms with E-state index in [1.807, 2.05) is 36.4 Å². The van der Waals surface area contributed by atoms with Crippen LogP contribution in [0.3, 0.4) is 0 Å². The first-order chi connectivity index (χ1) is 14.6. The van der Waals surface area contributed by atoms with Gasteiger partial charge in [0, 0.05) is 36.3 Å². The summed E-state index contributed by atoms with van der Waals surface area (Å²) in [7, 11) is 1.73. The molecule has 0 unspecified atom stereocenters. The van der Waals surface area contributed by atoms with Crippen molar-refractivity contribution in [1.82, 2.24) is 10.2 Å². The second-order valence-electron chi connectivity index (χ2n) is 7.32. The molecule has 154 valence electrons. The van der Waals surface area contributed by atoms with Crippen LogP contribution in [0.4, 0.5) is 0 Å². The van der Waals surface area contributed by atoms with E-state index in [-0.39, 0.29) is 12.1 Å². The SMILES string of the molecule is CN=C(/C(=C\N)c1ccc2c(=O)[nH]nc(CN)c2c1)c1cccc(OC2CCC2)c1. The van der Waals surface area contributed by atoms with Crippen molar-refractivity contribution < 1.29 is 4.74 Å². The summed E-state index contributed by atoms with van der Waals surface area (Å²) in [5.41, 5.74) is 15.4. The fraction of sp³-hybridized carbons (Fsp3) is 0.261. The van der Waals surface area contributed by atoms with Crippen molar-refractivity contribution in [2.45, 2.75) is 31.9 Å². The van der Waals surface area contributed by atoms with Gasteiger partial charge in [0.2, 0.25) is 0 Å². The molecule has 3 aromatic rings. The Balaban J connectivity index is 1.74. The van der Waals surface area contributed by atoms with Crippen molar-refractivity contribution in [2.75, 3.05) is 7.05 Å². The van der Waals surface area contributed by atoms with E-state index in [9.17, 15) is 4.79 Å². The minimum absolute atomic E-state index is 0.216. The van der Waals surface area contributed by atoms with Gasteiger partial charge in [-0.3, -0.25) is 9.79 Å². The van der Waals surface area contributed by atoms with Crippen molar-refractivity contribution in [1.29, 1.82) is 0 Å². The zero-order valence-electron chi connectivity index (χ0n) is 16.9. The number of allylic oxidation sites excluding steroid dienone is 1. The number of H-pyrrole nitrogens is 1. The molecule has 1 aliphatic rings. The number of fused-ring (bicyclic) bond motifs is 1. The average Bonchev–Trinajstić information content (AvgIpc) is 2.75. The summed E-state index contributed by atoms with van der Waals surface area (Å²) in [5.74, 6) is 0.828. The van der Waals surface area contributed by atoms with Crippen LogP contribution in [0.25, 0.3) is 16.3 Å². The predicted octanol–water partition coefficient (Wildman–Crippen LogP) is 2.73. The van der Waals surface area contributed by atoms with Gasteiger partial charge in [0.1, 0.15) is 5.75 Å². The summed E-state index contributed by atoms with van der Waals surface area (Å²) in [6.07, 6.45) is 5.25. The van der Waals surface area contributed by atoms with E-state index >= 15 is 0 Å². The standard InChI is InChI=1S/C23H25N5O2/c1-26-22(15-4-2-7-17(10-15)30-16-5-3-6-16)20(12-24)14-8-9-18-19(11-14)21(13-25)27-28-23(18)29/h2,4,7-12,16H,3,5-6,13,24-25H2,1H3,(H,28,29)/b20-12-,26-22?. The molecular formula is C23H25N5O2. The number of ether oxygens (including phenoxy) is 1. The van der Waals surface area contributed by atoms with E-state index in [2.05, 4.69) is 15.2 Å². The van der Waals surface area contributed by atoms with Gasteiger partial charge in [-0.05, 0) is 49.1 Å². The number of aromatic nitrogens is 2. The molecule has 5 N–H and O–H groups in total. The molecule has 0 saturated heterocycles. The molecule has 30 heavy (non-hydrogen) atoms. The Kier molecular flexibility index (Phi) is 5.63. The van der Waals surface area contributed by atoms with Crippen LogP contribution in [-0.2, 0) is 6.54 Å². The minimum atomic E-state index is -0.253. The van der Waals surface area contributed by atoms with Crippen LogP contribution in [0.1, 0.15) is 36.1 Å². The van der Waals surface area contributed by atoms with E-state index in [0.717, 1.165) is 41.0 Å². The van der Waals surface area contributed by atoms with E-state index in [1.165, 1.54) is 12.6 Å². The van der Waals surface area contributed by atoms with Gasteiger partial charge < -0.3 is 16.2 Å². The van der Waals surface area contributed by atoms with E-state index in [0.29, 0.717) is 22.6 Å². The molecule has 0 amide bonds. The Bertz CT molecular complexity index is 1190. The largest absolute Gasteiger partial charge is 0.490 e. The number of nitrogens with zero attached hydrogens (tertiary/aromatic N) is 2. The number of rotatable bonds is 6. The van der Waals surface area contributed by atoms with Gasteiger partial charge >= 0.3 is 0 Å². The van der Waals surface area contributed by atoms with Crippen LogP contribution in [0.15, 0.2) is 58.5 Å². The highest BCUT2D eigenvalue weighted by Crippen LogP contribution is 2.28. The van der Waals surface area contributed by atoms with Gasteiger partial charge in [0.25, 0.3) is 5.56 Å². The van der Waals surface area contributed by atoms with Crippen molar-refractivity contribution in [3.8, 4) is 5.75 Å². The van der Waals surface area contributed by atoms with Crippen LogP contribution in [0.5, 0.6) is 5.75 Å². The number of nitrogens with one attached hydrogen (secondary N) is 1. The molecule has 1 aliphatic carbocycles. The van der Waals surface area contributed by atoms with Gasteiger partial charge in [0.15, 0.2) is 0 Å². The Hall–Kier alpha value is -3.45. The summed E-state index contributed by atoms with van der Waals surface area (Å²) < 4.78 is 6.04. The second kappa shape index (κ2) is 8.51. The fourth-order valence-corrected chi connectivity index (χ4v) is 3.66. The molecule has 1 aromatic heterocycles. The molecule has 4 rings (SSSR count). The number of benzene rings is 2. The molecule has 0 aliphatic heterocycles. The van der Waals surface area contributed by atoms with E-state index in [1.54, 1.807) is 13.1 Å². The zero-order chi connectivity index (χ0) is 21.1. The lowest BCUT2D eigenvalue weighted by Crippen LogP contribution is -2.24. The highest BCUT2D eigenvalue weighted by Gasteiger charge is 2.20. The van der Waals surface area contributed by atoms with Crippen molar-refractivity contribution >= 4 is 22.1 Å². The number of hydrogen-bond donors (Lipinski definition) is 3. The molecular weight excluding hydrogens is 378 g/mol. The smallest absolute Gasteiger partial charge is 0.272 e. The molecule has 1 heterocycles. The Morgan fingerprint density at radius 1 is 1.23 bits per heavy atom. The van der Waals surface area contributed by atoms with Crippen molar-refractivity contribution in [2.24, 2.45) is 16.5 Å². The van der Waals surface area contributed by atoms with E-state index in [4.69, 9.17) is 16.2 Å². The Morgan fingerprint density at radius 3 is 2.73 bits per heavy atom. The van der Waals surface area contributed by atoms with Crippen LogP contribution in [-0.4, -0.2) is 29.1 Å². The monoisotopic (exact) mass is 403 g/mol. The van der Waals surface area contributed by atoms with Crippen LogP contribution >= 0.6 is 0 Å². The van der Waals surface area contributed by atoms with Gasteiger partial charge in [-0.1, -0.05) is 18.2 Å². The topological polar surface area (TPSA) is 119 Å². The van der Waals surface area contributed by atoms with Crippen LogP contribution in [0, 0.1) is 0 Å². The molecule has 0 radical (unpaired) electrons. The molecule has 0 atom stereocenters. The quantitative estimate of drug-likeness (QED) is 0.547. The van der Waals surface area contributed by atoms with Crippen molar-refractivity contribution in [3.63, 3.8) is 0 Å². The van der Waals surface area contributed by atoms with Gasteiger partial charge in [-0.15, -0.1) is 0 Å².